The fourth-order valence-electron chi connectivity index (χ4n) is 1.39. The monoisotopic (exact) mass is 218 g/mol. The van der Waals surface area contributed by atoms with E-state index in [4.69, 9.17) is 10.2 Å². The fourth-order valence-corrected chi connectivity index (χ4v) is 1.39. The standard InChI is InChI=1S/C11H14N4O/c1-8-7-14-11(12)15-10(8)13-5-4-9-3-2-6-16-9/h2-3,6-7H,4-5H2,1H3,(H3,12,13,14,15). The number of rotatable bonds is 4. The topological polar surface area (TPSA) is 77.0 Å². The zero-order valence-corrected chi connectivity index (χ0v) is 9.10. The summed E-state index contributed by atoms with van der Waals surface area (Å²) < 4.78 is 5.23. The fraction of sp³-hybridized carbons (Fsp3) is 0.273. The van der Waals surface area contributed by atoms with Gasteiger partial charge in [0.25, 0.3) is 0 Å². The molecule has 0 unspecified atom stereocenters. The van der Waals surface area contributed by atoms with Crippen LogP contribution in [-0.4, -0.2) is 16.5 Å². The zero-order chi connectivity index (χ0) is 11.4. The smallest absolute Gasteiger partial charge is 0.221 e. The maximum absolute atomic E-state index is 5.51. The first-order valence-electron chi connectivity index (χ1n) is 5.11. The van der Waals surface area contributed by atoms with Gasteiger partial charge in [-0.15, -0.1) is 0 Å². The number of aromatic nitrogens is 2. The van der Waals surface area contributed by atoms with E-state index < -0.39 is 0 Å². The number of aryl methyl sites for hydroxylation is 1. The van der Waals surface area contributed by atoms with Crippen LogP contribution in [0, 0.1) is 6.92 Å². The molecule has 2 rings (SSSR count). The lowest BCUT2D eigenvalue weighted by molar-refractivity contribution is 0.513. The summed E-state index contributed by atoms with van der Waals surface area (Å²) in [5.74, 6) is 2.01. The maximum Gasteiger partial charge on any atom is 0.221 e. The minimum absolute atomic E-state index is 0.283. The lowest BCUT2D eigenvalue weighted by Gasteiger charge is -2.07. The average molecular weight is 218 g/mol. The molecule has 0 radical (unpaired) electrons. The average Bonchev–Trinajstić information content (AvgIpc) is 2.76. The van der Waals surface area contributed by atoms with Gasteiger partial charge in [-0.05, 0) is 19.1 Å². The Labute approximate surface area is 93.7 Å². The Morgan fingerprint density at radius 1 is 1.50 bits per heavy atom. The highest BCUT2D eigenvalue weighted by Gasteiger charge is 2.01. The predicted molar refractivity (Wildman–Crippen MR) is 62.1 cm³/mol. The van der Waals surface area contributed by atoms with Crippen molar-refractivity contribution >= 4 is 11.8 Å². The SMILES string of the molecule is Cc1cnc(N)nc1NCCc1ccco1. The van der Waals surface area contributed by atoms with E-state index in [-0.39, 0.29) is 5.95 Å². The van der Waals surface area contributed by atoms with Crippen molar-refractivity contribution in [3.8, 4) is 0 Å². The quantitative estimate of drug-likeness (QED) is 0.815. The molecule has 0 saturated carbocycles. The zero-order valence-electron chi connectivity index (χ0n) is 9.10. The van der Waals surface area contributed by atoms with E-state index in [1.807, 2.05) is 19.1 Å². The van der Waals surface area contributed by atoms with Gasteiger partial charge in [-0.3, -0.25) is 0 Å². The second-order valence-electron chi connectivity index (χ2n) is 3.52. The first-order chi connectivity index (χ1) is 7.75. The first-order valence-corrected chi connectivity index (χ1v) is 5.11. The molecular weight excluding hydrogens is 204 g/mol. The molecule has 0 fully saturated rings. The molecule has 2 heterocycles. The molecule has 0 atom stereocenters. The van der Waals surface area contributed by atoms with Crippen LogP contribution in [0.3, 0.4) is 0 Å². The normalized spacial score (nSPS) is 10.3. The number of furan rings is 1. The molecule has 2 aromatic rings. The van der Waals surface area contributed by atoms with Crippen LogP contribution in [0.4, 0.5) is 11.8 Å². The number of hydrogen-bond donors (Lipinski definition) is 2. The largest absolute Gasteiger partial charge is 0.469 e. The van der Waals surface area contributed by atoms with E-state index in [1.54, 1.807) is 12.5 Å². The Balaban J connectivity index is 1.92. The van der Waals surface area contributed by atoms with Gasteiger partial charge < -0.3 is 15.5 Å². The lowest BCUT2D eigenvalue weighted by atomic mass is 10.3. The molecule has 0 spiro atoms. The number of nitrogens with zero attached hydrogens (tertiary/aromatic N) is 2. The molecule has 0 aliphatic heterocycles. The molecule has 0 aromatic carbocycles. The summed E-state index contributed by atoms with van der Waals surface area (Å²) in [7, 11) is 0. The van der Waals surface area contributed by atoms with Gasteiger partial charge in [-0.1, -0.05) is 0 Å². The highest BCUT2D eigenvalue weighted by Crippen LogP contribution is 2.11. The van der Waals surface area contributed by atoms with Crippen molar-refractivity contribution in [1.29, 1.82) is 0 Å². The molecule has 0 bridgehead atoms. The first kappa shape index (κ1) is 10.5. The third kappa shape index (κ3) is 2.50. The summed E-state index contributed by atoms with van der Waals surface area (Å²) in [4.78, 5) is 8.02. The van der Waals surface area contributed by atoms with Gasteiger partial charge in [-0.25, -0.2) is 4.98 Å². The number of anilines is 2. The molecule has 84 valence electrons. The minimum atomic E-state index is 0.283. The van der Waals surface area contributed by atoms with Crippen molar-refractivity contribution in [3.63, 3.8) is 0 Å². The molecule has 0 saturated heterocycles. The summed E-state index contributed by atoms with van der Waals surface area (Å²) in [6.45, 7) is 2.69. The van der Waals surface area contributed by atoms with Crippen molar-refractivity contribution in [2.45, 2.75) is 13.3 Å². The second kappa shape index (κ2) is 4.65. The van der Waals surface area contributed by atoms with E-state index in [0.29, 0.717) is 0 Å². The van der Waals surface area contributed by atoms with Crippen LogP contribution in [0.25, 0.3) is 0 Å². The summed E-state index contributed by atoms with van der Waals surface area (Å²) in [6, 6.07) is 3.83. The Kier molecular flexibility index (Phi) is 3.05. The van der Waals surface area contributed by atoms with E-state index in [0.717, 1.165) is 30.1 Å². The molecule has 0 aliphatic carbocycles. The number of nitrogen functional groups attached to an aromatic ring is 1. The van der Waals surface area contributed by atoms with Crippen molar-refractivity contribution in [1.82, 2.24) is 9.97 Å². The molecule has 0 aliphatic rings. The van der Waals surface area contributed by atoms with Gasteiger partial charge in [0.1, 0.15) is 11.6 Å². The van der Waals surface area contributed by atoms with Gasteiger partial charge in [-0.2, -0.15) is 4.98 Å². The second-order valence-corrected chi connectivity index (χ2v) is 3.52. The third-order valence-electron chi connectivity index (χ3n) is 2.23. The van der Waals surface area contributed by atoms with Gasteiger partial charge in [0, 0.05) is 24.7 Å². The molecule has 0 amide bonds. The van der Waals surface area contributed by atoms with Gasteiger partial charge in [0.15, 0.2) is 0 Å². The summed E-state index contributed by atoms with van der Waals surface area (Å²) in [5, 5.41) is 3.20. The molecule has 2 aromatic heterocycles. The molecule has 5 heteroatoms. The van der Waals surface area contributed by atoms with Crippen molar-refractivity contribution < 1.29 is 4.42 Å². The van der Waals surface area contributed by atoms with Crippen LogP contribution in [0.5, 0.6) is 0 Å². The molecule has 16 heavy (non-hydrogen) atoms. The summed E-state index contributed by atoms with van der Waals surface area (Å²) >= 11 is 0. The molecule has 5 nitrogen and oxygen atoms in total. The third-order valence-corrected chi connectivity index (χ3v) is 2.23. The van der Waals surface area contributed by atoms with E-state index in [9.17, 15) is 0 Å². The number of nitrogens with two attached hydrogens (primary N) is 1. The van der Waals surface area contributed by atoms with Crippen LogP contribution >= 0.6 is 0 Å². The highest BCUT2D eigenvalue weighted by atomic mass is 16.3. The van der Waals surface area contributed by atoms with Crippen molar-refractivity contribution in [3.05, 3.63) is 35.9 Å². The van der Waals surface area contributed by atoms with Gasteiger partial charge in [0.2, 0.25) is 5.95 Å². The minimum Gasteiger partial charge on any atom is -0.469 e. The van der Waals surface area contributed by atoms with E-state index in [1.165, 1.54) is 0 Å². The van der Waals surface area contributed by atoms with E-state index in [2.05, 4.69) is 15.3 Å². The lowest BCUT2D eigenvalue weighted by Crippen LogP contribution is -2.09. The number of hydrogen-bond acceptors (Lipinski definition) is 5. The Bertz CT molecular complexity index is 453. The Morgan fingerprint density at radius 2 is 2.38 bits per heavy atom. The van der Waals surface area contributed by atoms with Crippen molar-refractivity contribution in [2.24, 2.45) is 0 Å². The van der Waals surface area contributed by atoms with Crippen LogP contribution in [0.15, 0.2) is 29.0 Å². The van der Waals surface area contributed by atoms with Crippen LogP contribution in [0.1, 0.15) is 11.3 Å². The summed E-state index contributed by atoms with van der Waals surface area (Å²) in [6.07, 6.45) is 4.19. The van der Waals surface area contributed by atoms with E-state index >= 15 is 0 Å². The Hall–Kier alpha value is -2.04. The molecule has 3 N–H and O–H groups in total. The number of nitrogens with one attached hydrogen (secondary N) is 1. The summed E-state index contributed by atoms with van der Waals surface area (Å²) in [5.41, 5.74) is 6.49. The van der Waals surface area contributed by atoms with Gasteiger partial charge >= 0.3 is 0 Å². The molecular formula is C11H14N4O. The maximum atomic E-state index is 5.51. The Morgan fingerprint density at radius 3 is 3.12 bits per heavy atom. The van der Waals surface area contributed by atoms with Crippen LogP contribution in [-0.2, 0) is 6.42 Å². The predicted octanol–water partition coefficient (Wildman–Crippen LogP) is 1.61. The highest BCUT2D eigenvalue weighted by molar-refractivity contribution is 5.45. The van der Waals surface area contributed by atoms with Crippen molar-refractivity contribution in [2.75, 3.05) is 17.6 Å². The van der Waals surface area contributed by atoms with Crippen LogP contribution < -0.4 is 11.1 Å². The van der Waals surface area contributed by atoms with Crippen LogP contribution in [0.2, 0.25) is 0 Å². The van der Waals surface area contributed by atoms with Gasteiger partial charge in [0.05, 0.1) is 6.26 Å².